The van der Waals surface area contributed by atoms with Crippen LogP contribution in [-0.2, 0) is 9.53 Å². The van der Waals surface area contributed by atoms with Gasteiger partial charge in [-0.15, -0.1) is 0 Å². The molecule has 1 aliphatic carbocycles. The third-order valence-electron chi connectivity index (χ3n) is 5.37. The summed E-state index contributed by atoms with van der Waals surface area (Å²) in [6.07, 6.45) is 5.77. The number of hydrogen-bond donors (Lipinski definition) is 1. The van der Waals surface area contributed by atoms with E-state index in [4.69, 9.17) is 4.74 Å². The Morgan fingerprint density at radius 1 is 1.32 bits per heavy atom. The number of rotatable bonds is 1. The number of amides is 1. The van der Waals surface area contributed by atoms with Crippen molar-refractivity contribution in [2.24, 2.45) is 11.8 Å². The molecule has 1 N–H and O–H groups in total. The van der Waals surface area contributed by atoms with Gasteiger partial charge in [-0.1, -0.05) is 19.8 Å². The summed E-state index contributed by atoms with van der Waals surface area (Å²) in [6.45, 7) is 4.22. The number of piperidine rings is 1. The predicted molar refractivity (Wildman–Crippen MR) is 71.6 cm³/mol. The summed E-state index contributed by atoms with van der Waals surface area (Å²) in [7, 11) is 0. The average molecular weight is 267 g/mol. The van der Waals surface area contributed by atoms with Crippen LogP contribution in [0.25, 0.3) is 0 Å². The molecule has 19 heavy (non-hydrogen) atoms. The van der Waals surface area contributed by atoms with Crippen molar-refractivity contribution in [1.29, 1.82) is 0 Å². The number of ether oxygens (including phenoxy) is 1. The summed E-state index contributed by atoms with van der Waals surface area (Å²) in [5.74, 6) is 0.757. The average Bonchev–Trinajstić information content (AvgIpc) is 2.83. The highest BCUT2D eigenvalue weighted by Gasteiger charge is 2.45. The minimum absolute atomic E-state index is 0.151. The molecule has 0 spiro atoms. The predicted octanol–water partition coefficient (Wildman–Crippen LogP) is 1.56. The van der Waals surface area contributed by atoms with Crippen LogP contribution < -0.4 is 0 Å². The fourth-order valence-electron chi connectivity index (χ4n) is 3.96. The first-order chi connectivity index (χ1) is 9.10. The molecule has 2 saturated heterocycles. The Kier molecular flexibility index (Phi) is 3.56. The molecule has 4 atom stereocenters. The van der Waals surface area contributed by atoms with Crippen LogP contribution in [-0.4, -0.2) is 47.3 Å². The lowest BCUT2D eigenvalue weighted by atomic mass is 9.71. The van der Waals surface area contributed by atoms with Crippen molar-refractivity contribution in [3.8, 4) is 0 Å². The topological polar surface area (TPSA) is 49.8 Å². The van der Waals surface area contributed by atoms with Gasteiger partial charge in [0.25, 0.3) is 5.91 Å². The standard InChI is InChI=1S/C15H25NO3/c1-11-5-9-19-13(11)14(17)16-8-7-15(18)6-3-2-4-12(15)10-16/h11-13,18H,2-10H2,1H3. The van der Waals surface area contributed by atoms with E-state index in [1.807, 2.05) is 4.90 Å². The molecule has 2 heterocycles. The number of aliphatic hydroxyl groups is 1. The van der Waals surface area contributed by atoms with E-state index in [-0.39, 0.29) is 17.9 Å². The monoisotopic (exact) mass is 267 g/mol. The van der Waals surface area contributed by atoms with Crippen molar-refractivity contribution in [3.63, 3.8) is 0 Å². The summed E-state index contributed by atoms with van der Waals surface area (Å²) in [5, 5.41) is 10.6. The van der Waals surface area contributed by atoms with Gasteiger partial charge < -0.3 is 14.7 Å². The third-order valence-corrected chi connectivity index (χ3v) is 5.37. The Balaban J connectivity index is 1.65. The van der Waals surface area contributed by atoms with Crippen LogP contribution in [0.1, 0.15) is 45.4 Å². The maximum Gasteiger partial charge on any atom is 0.251 e. The molecular weight excluding hydrogens is 242 g/mol. The lowest BCUT2D eigenvalue weighted by Crippen LogP contribution is -2.56. The second-order valence-electron chi connectivity index (χ2n) is 6.64. The molecule has 0 bridgehead atoms. The van der Waals surface area contributed by atoms with Crippen LogP contribution in [0.2, 0.25) is 0 Å². The summed E-state index contributed by atoms with van der Waals surface area (Å²) in [5.41, 5.74) is -0.503. The largest absolute Gasteiger partial charge is 0.389 e. The molecule has 4 unspecified atom stereocenters. The van der Waals surface area contributed by atoms with Crippen molar-refractivity contribution >= 4 is 5.91 Å². The Hall–Kier alpha value is -0.610. The van der Waals surface area contributed by atoms with E-state index >= 15 is 0 Å². The molecule has 1 amide bonds. The van der Waals surface area contributed by atoms with E-state index in [0.29, 0.717) is 19.1 Å². The van der Waals surface area contributed by atoms with Crippen molar-refractivity contribution < 1.29 is 14.6 Å². The second-order valence-corrected chi connectivity index (χ2v) is 6.64. The summed E-state index contributed by atoms with van der Waals surface area (Å²) >= 11 is 0. The van der Waals surface area contributed by atoms with E-state index in [9.17, 15) is 9.90 Å². The maximum atomic E-state index is 12.5. The Bertz CT molecular complexity index is 359. The zero-order valence-corrected chi connectivity index (χ0v) is 11.8. The number of hydrogen-bond acceptors (Lipinski definition) is 3. The molecule has 1 saturated carbocycles. The first kappa shape index (κ1) is 13.4. The molecule has 0 aromatic rings. The molecule has 3 aliphatic rings. The number of carbonyl (C=O) groups excluding carboxylic acids is 1. The summed E-state index contributed by atoms with van der Waals surface area (Å²) < 4.78 is 5.59. The molecular formula is C15H25NO3. The SMILES string of the molecule is CC1CCOC1C(=O)N1CCC2(O)CCCCC2C1. The second kappa shape index (κ2) is 5.06. The molecule has 3 fully saturated rings. The molecule has 4 heteroatoms. The van der Waals surface area contributed by atoms with Gasteiger partial charge in [-0.25, -0.2) is 0 Å². The van der Waals surface area contributed by atoms with Crippen molar-refractivity contribution in [2.45, 2.75) is 57.2 Å². The van der Waals surface area contributed by atoms with E-state index < -0.39 is 5.60 Å². The molecule has 0 radical (unpaired) electrons. The van der Waals surface area contributed by atoms with Gasteiger partial charge in [0.2, 0.25) is 0 Å². The van der Waals surface area contributed by atoms with E-state index in [0.717, 1.165) is 38.6 Å². The molecule has 108 valence electrons. The summed E-state index contributed by atoms with van der Waals surface area (Å²) in [4.78, 5) is 14.5. The zero-order chi connectivity index (χ0) is 13.5. The molecule has 2 aliphatic heterocycles. The third kappa shape index (κ3) is 2.40. The lowest BCUT2D eigenvalue weighted by molar-refractivity contribution is -0.153. The minimum atomic E-state index is -0.503. The van der Waals surface area contributed by atoms with Crippen LogP contribution in [0.15, 0.2) is 0 Å². The maximum absolute atomic E-state index is 12.5. The zero-order valence-electron chi connectivity index (χ0n) is 11.8. The molecule has 0 aromatic heterocycles. The van der Waals surface area contributed by atoms with Gasteiger partial charge in [0.1, 0.15) is 6.10 Å². The Labute approximate surface area is 115 Å². The van der Waals surface area contributed by atoms with Gasteiger partial charge >= 0.3 is 0 Å². The van der Waals surface area contributed by atoms with Crippen LogP contribution in [0.5, 0.6) is 0 Å². The first-order valence-corrected chi connectivity index (χ1v) is 7.73. The quantitative estimate of drug-likeness (QED) is 0.784. The highest BCUT2D eigenvalue weighted by Crippen LogP contribution is 2.40. The van der Waals surface area contributed by atoms with Gasteiger partial charge in [0, 0.05) is 25.6 Å². The smallest absolute Gasteiger partial charge is 0.251 e. The molecule has 0 aromatic carbocycles. The van der Waals surface area contributed by atoms with Gasteiger partial charge in [-0.3, -0.25) is 4.79 Å². The van der Waals surface area contributed by atoms with E-state index in [2.05, 4.69) is 6.92 Å². The molecule has 3 rings (SSSR count). The summed E-state index contributed by atoms with van der Waals surface area (Å²) in [6, 6.07) is 0. The highest BCUT2D eigenvalue weighted by atomic mass is 16.5. The van der Waals surface area contributed by atoms with Crippen molar-refractivity contribution in [3.05, 3.63) is 0 Å². The van der Waals surface area contributed by atoms with Gasteiger partial charge in [-0.2, -0.15) is 0 Å². The normalized spacial score (nSPS) is 43.1. The van der Waals surface area contributed by atoms with Gasteiger partial charge in [-0.05, 0) is 31.6 Å². The molecule has 4 nitrogen and oxygen atoms in total. The number of fused-ring (bicyclic) bond motifs is 1. The minimum Gasteiger partial charge on any atom is -0.389 e. The van der Waals surface area contributed by atoms with Crippen molar-refractivity contribution in [1.82, 2.24) is 4.90 Å². The van der Waals surface area contributed by atoms with Gasteiger partial charge in [0.15, 0.2) is 0 Å². The number of nitrogens with zero attached hydrogens (tertiary/aromatic N) is 1. The Morgan fingerprint density at radius 3 is 2.89 bits per heavy atom. The van der Waals surface area contributed by atoms with Crippen LogP contribution in [0, 0.1) is 11.8 Å². The number of carbonyl (C=O) groups is 1. The Morgan fingerprint density at radius 2 is 2.16 bits per heavy atom. The van der Waals surface area contributed by atoms with Crippen LogP contribution in [0.4, 0.5) is 0 Å². The number of likely N-dealkylation sites (tertiary alicyclic amines) is 1. The first-order valence-electron chi connectivity index (χ1n) is 7.73. The van der Waals surface area contributed by atoms with E-state index in [1.54, 1.807) is 0 Å². The van der Waals surface area contributed by atoms with Crippen molar-refractivity contribution in [2.75, 3.05) is 19.7 Å². The van der Waals surface area contributed by atoms with E-state index in [1.165, 1.54) is 6.42 Å². The van der Waals surface area contributed by atoms with Crippen LogP contribution in [0.3, 0.4) is 0 Å². The fraction of sp³-hybridized carbons (Fsp3) is 0.933. The van der Waals surface area contributed by atoms with Crippen LogP contribution >= 0.6 is 0 Å². The lowest BCUT2D eigenvalue weighted by Gasteiger charge is -2.47. The highest BCUT2D eigenvalue weighted by molar-refractivity contribution is 5.81. The van der Waals surface area contributed by atoms with Gasteiger partial charge in [0.05, 0.1) is 5.60 Å². The fourth-order valence-corrected chi connectivity index (χ4v) is 3.96.